The van der Waals surface area contributed by atoms with E-state index in [0.29, 0.717) is 11.5 Å². The van der Waals surface area contributed by atoms with Crippen molar-refractivity contribution in [3.8, 4) is 0 Å². The smallest absolute Gasteiger partial charge is 0.0661 e. The molecule has 2 nitrogen and oxygen atoms in total. The van der Waals surface area contributed by atoms with Crippen LogP contribution in [0.15, 0.2) is 0 Å². The summed E-state index contributed by atoms with van der Waals surface area (Å²) in [6.45, 7) is 4.50. The van der Waals surface area contributed by atoms with Gasteiger partial charge in [-0.1, -0.05) is 39.0 Å². The summed E-state index contributed by atoms with van der Waals surface area (Å²) in [4.78, 5) is 0. The van der Waals surface area contributed by atoms with Crippen molar-refractivity contribution in [2.24, 2.45) is 11.3 Å². The minimum atomic E-state index is 0.506. The van der Waals surface area contributed by atoms with E-state index in [0.717, 1.165) is 18.6 Å². The van der Waals surface area contributed by atoms with Crippen molar-refractivity contribution in [2.45, 2.75) is 89.7 Å². The van der Waals surface area contributed by atoms with Crippen molar-refractivity contribution in [2.75, 3.05) is 13.2 Å². The Morgan fingerprint density at radius 2 is 1.80 bits per heavy atom. The van der Waals surface area contributed by atoms with Crippen LogP contribution in [0.25, 0.3) is 0 Å². The molecule has 3 fully saturated rings. The molecule has 0 bridgehead atoms. The number of ether oxygens (including phenoxy) is 1. The quantitative estimate of drug-likeness (QED) is 0.783. The molecule has 20 heavy (non-hydrogen) atoms. The van der Waals surface area contributed by atoms with Gasteiger partial charge >= 0.3 is 0 Å². The summed E-state index contributed by atoms with van der Waals surface area (Å²) in [5.74, 6) is 0.873. The van der Waals surface area contributed by atoms with E-state index in [1.165, 1.54) is 77.2 Å². The van der Waals surface area contributed by atoms with E-state index in [2.05, 4.69) is 12.2 Å². The van der Waals surface area contributed by atoms with Crippen molar-refractivity contribution in [1.29, 1.82) is 0 Å². The second kappa shape index (κ2) is 6.79. The lowest BCUT2D eigenvalue weighted by molar-refractivity contribution is -0.158. The van der Waals surface area contributed by atoms with E-state index in [4.69, 9.17) is 4.74 Å². The predicted molar refractivity (Wildman–Crippen MR) is 83.9 cm³/mol. The second-order valence-electron chi connectivity index (χ2n) is 7.51. The van der Waals surface area contributed by atoms with E-state index in [1.54, 1.807) is 0 Å². The van der Waals surface area contributed by atoms with Crippen LogP contribution < -0.4 is 5.32 Å². The molecule has 1 N–H and O–H groups in total. The zero-order valence-electron chi connectivity index (χ0n) is 13.3. The Kier molecular flexibility index (Phi) is 5.04. The first-order chi connectivity index (χ1) is 9.85. The first kappa shape index (κ1) is 14.8. The highest BCUT2D eigenvalue weighted by atomic mass is 16.5. The molecule has 3 aliphatic rings. The molecule has 0 aromatic rings. The SMILES string of the molecule is CCCNC1CC(OCC2CCCC2)C12CCCCC2. The number of hydrogen-bond donors (Lipinski definition) is 1. The van der Waals surface area contributed by atoms with Gasteiger partial charge in [0, 0.05) is 18.1 Å². The molecule has 2 atom stereocenters. The third-order valence-corrected chi connectivity index (χ3v) is 6.22. The lowest BCUT2D eigenvalue weighted by Crippen LogP contribution is -2.64. The fraction of sp³-hybridized carbons (Fsp3) is 1.00. The van der Waals surface area contributed by atoms with Gasteiger partial charge in [-0.25, -0.2) is 0 Å². The van der Waals surface area contributed by atoms with Gasteiger partial charge < -0.3 is 10.1 Å². The molecule has 0 amide bonds. The molecule has 116 valence electrons. The summed E-state index contributed by atoms with van der Waals surface area (Å²) in [5, 5.41) is 3.81. The first-order valence-corrected chi connectivity index (χ1v) is 9.20. The molecule has 0 aromatic heterocycles. The highest BCUT2D eigenvalue weighted by molar-refractivity contribution is 5.08. The Bertz CT molecular complexity index is 292. The van der Waals surface area contributed by atoms with Crippen molar-refractivity contribution < 1.29 is 4.74 Å². The average Bonchev–Trinajstić information content (AvgIpc) is 3.00. The molecular formula is C18H33NO. The highest BCUT2D eigenvalue weighted by Gasteiger charge is 2.55. The van der Waals surface area contributed by atoms with E-state index in [-0.39, 0.29) is 0 Å². The minimum Gasteiger partial charge on any atom is -0.377 e. The number of hydrogen-bond acceptors (Lipinski definition) is 2. The van der Waals surface area contributed by atoms with Crippen LogP contribution in [0.5, 0.6) is 0 Å². The molecule has 3 rings (SSSR count). The zero-order valence-corrected chi connectivity index (χ0v) is 13.3. The molecule has 0 aromatic carbocycles. The molecule has 3 saturated carbocycles. The monoisotopic (exact) mass is 279 g/mol. The summed E-state index contributed by atoms with van der Waals surface area (Å²) < 4.78 is 6.43. The molecule has 3 aliphatic carbocycles. The second-order valence-corrected chi connectivity index (χ2v) is 7.51. The van der Waals surface area contributed by atoms with Gasteiger partial charge in [0.2, 0.25) is 0 Å². The van der Waals surface area contributed by atoms with E-state index in [1.807, 2.05) is 0 Å². The van der Waals surface area contributed by atoms with E-state index < -0.39 is 0 Å². The van der Waals surface area contributed by atoms with Crippen molar-refractivity contribution >= 4 is 0 Å². The Morgan fingerprint density at radius 1 is 1.05 bits per heavy atom. The summed E-state index contributed by atoms with van der Waals surface area (Å²) in [6.07, 6.45) is 15.9. The average molecular weight is 279 g/mol. The van der Waals surface area contributed by atoms with Gasteiger partial charge in [-0.2, -0.15) is 0 Å². The van der Waals surface area contributed by atoms with Crippen LogP contribution in [-0.4, -0.2) is 25.3 Å². The van der Waals surface area contributed by atoms with Crippen LogP contribution in [0.1, 0.15) is 77.6 Å². The summed E-state index contributed by atoms with van der Waals surface area (Å²) in [6, 6.07) is 0.747. The Labute approximate surface area is 125 Å². The zero-order chi connectivity index (χ0) is 13.8. The summed E-state index contributed by atoms with van der Waals surface area (Å²) in [5.41, 5.74) is 0.506. The van der Waals surface area contributed by atoms with Gasteiger partial charge in [0.25, 0.3) is 0 Å². The van der Waals surface area contributed by atoms with E-state index in [9.17, 15) is 0 Å². The Balaban J connectivity index is 1.53. The number of nitrogens with one attached hydrogen (secondary N) is 1. The molecule has 2 unspecified atom stereocenters. The lowest BCUT2D eigenvalue weighted by Gasteiger charge is -2.58. The van der Waals surface area contributed by atoms with Gasteiger partial charge in [0.05, 0.1) is 6.10 Å². The molecule has 2 heteroatoms. The maximum Gasteiger partial charge on any atom is 0.0661 e. The minimum absolute atomic E-state index is 0.506. The maximum atomic E-state index is 6.43. The Hall–Kier alpha value is -0.0800. The molecule has 1 spiro atoms. The van der Waals surface area contributed by atoms with Gasteiger partial charge in [0.15, 0.2) is 0 Å². The third kappa shape index (κ3) is 2.92. The van der Waals surface area contributed by atoms with Gasteiger partial charge in [-0.15, -0.1) is 0 Å². The van der Waals surface area contributed by atoms with E-state index >= 15 is 0 Å². The normalized spacial score (nSPS) is 33.5. The van der Waals surface area contributed by atoms with Gasteiger partial charge in [-0.3, -0.25) is 0 Å². The topological polar surface area (TPSA) is 21.3 Å². The van der Waals surface area contributed by atoms with Crippen molar-refractivity contribution in [3.05, 3.63) is 0 Å². The van der Waals surface area contributed by atoms with Gasteiger partial charge in [0.1, 0.15) is 0 Å². The van der Waals surface area contributed by atoms with Crippen LogP contribution in [-0.2, 0) is 4.74 Å². The van der Waals surface area contributed by atoms with Crippen LogP contribution in [0.4, 0.5) is 0 Å². The van der Waals surface area contributed by atoms with Crippen LogP contribution in [0.2, 0.25) is 0 Å². The third-order valence-electron chi connectivity index (χ3n) is 6.22. The molecular weight excluding hydrogens is 246 g/mol. The Morgan fingerprint density at radius 3 is 2.50 bits per heavy atom. The summed E-state index contributed by atoms with van der Waals surface area (Å²) >= 11 is 0. The lowest BCUT2D eigenvalue weighted by atomic mass is 9.55. The van der Waals surface area contributed by atoms with Crippen molar-refractivity contribution in [1.82, 2.24) is 5.32 Å². The first-order valence-electron chi connectivity index (χ1n) is 9.20. The standard InChI is InChI=1S/C18H33NO/c1-2-12-19-16-13-17(18(16)10-6-3-7-11-18)20-14-15-8-4-5-9-15/h15-17,19H,2-14H2,1H3. The van der Waals surface area contributed by atoms with Gasteiger partial charge in [-0.05, 0) is 51.0 Å². The molecule has 0 aliphatic heterocycles. The highest BCUT2D eigenvalue weighted by Crippen LogP contribution is 2.53. The molecule has 0 saturated heterocycles. The van der Waals surface area contributed by atoms with Crippen LogP contribution in [0, 0.1) is 11.3 Å². The molecule has 0 radical (unpaired) electrons. The largest absolute Gasteiger partial charge is 0.377 e. The molecule has 0 heterocycles. The fourth-order valence-corrected chi connectivity index (χ4v) is 4.90. The van der Waals surface area contributed by atoms with Crippen LogP contribution in [0.3, 0.4) is 0 Å². The van der Waals surface area contributed by atoms with Crippen molar-refractivity contribution in [3.63, 3.8) is 0 Å². The van der Waals surface area contributed by atoms with Crippen LogP contribution >= 0.6 is 0 Å². The maximum absolute atomic E-state index is 6.43. The fourth-order valence-electron chi connectivity index (χ4n) is 4.90. The predicted octanol–water partition coefficient (Wildman–Crippen LogP) is 4.28. The number of rotatable bonds is 6. The summed E-state index contributed by atoms with van der Waals surface area (Å²) in [7, 11) is 0.